The maximum Gasteiger partial charge on any atom is 0.0231 e. The average Bonchev–Trinajstić information content (AvgIpc) is 2.21. The zero-order valence-corrected chi connectivity index (χ0v) is 10.3. The van der Waals surface area contributed by atoms with Gasteiger partial charge in [-0.15, -0.1) is 0 Å². The van der Waals surface area contributed by atoms with Gasteiger partial charge in [0.1, 0.15) is 0 Å². The molecule has 0 aliphatic carbocycles. The van der Waals surface area contributed by atoms with Crippen molar-refractivity contribution in [2.75, 3.05) is 13.1 Å². The first kappa shape index (κ1) is 11.6. The van der Waals surface area contributed by atoms with E-state index in [-0.39, 0.29) is 0 Å². The van der Waals surface area contributed by atoms with E-state index in [0.29, 0.717) is 5.41 Å². The molecule has 1 aliphatic rings. The molecule has 0 aromatic heterocycles. The molecule has 1 rings (SSSR count). The van der Waals surface area contributed by atoms with Crippen molar-refractivity contribution in [1.82, 2.24) is 4.90 Å². The molecule has 1 saturated heterocycles. The molecular formula is C13H25N. The van der Waals surface area contributed by atoms with Crippen LogP contribution in [0.1, 0.15) is 47.0 Å². The van der Waals surface area contributed by atoms with Crippen molar-refractivity contribution in [2.24, 2.45) is 11.3 Å². The molecule has 1 nitrogen and oxygen atoms in total. The molecule has 14 heavy (non-hydrogen) atoms. The minimum Gasteiger partial charge on any atom is -0.375 e. The summed E-state index contributed by atoms with van der Waals surface area (Å²) in [7, 11) is 0. The lowest BCUT2D eigenvalue weighted by Crippen LogP contribution is -2.45. The third-order valence-electron chi connectivity index (χ3n) is 4.24. The van der Waals surface area contributed by atoms with Gasteiger partial charge in [-0.2, -0.15) is 0 Å². The molecule has 0 aromatic carbocycles. The Morgan fingerprint density at radius 2 is 2.14 bits per heavy atom. The van der Waals surface area contributed by atoms with Gasteiger partial charge in [0, 0.05) is 18.8 Å². The highest BCUT2D eigenvalue weighted by molar-refractivity contribution is 4.99. The maximum atomic E-state index is 4.15. The quantitative estimate of drug-likeness (QED) is 0.664. The standard InChI is InChI=1S/C13H25N/c1-6-12(4)14-9-8-11(3)13(5,7-2)10-14/h11H,4,6-10H2,1-3,5H3/t11-,13+/m0/s1. The molecule has 1 fully saturated rings. The van der Waals surface area contributed by atoms with E-state index in [9.17, 15) is 0 Å². The fourth-order valence-corrected chi connectivity index (χ4v) is 2.32. The highest BCUT2D eigenvalue weighted by Gasteiger charge is 2.35. The lowest BCUT2D eigenvalue weighted by atomic mass is 9.71. The van der Waals surface area contributed by atoms with E-state index in [2.05, 4.69) is 39.2 Å². The molecule has 0 N–H and O–H groups in total. The summed E-state index contributed by atoms with van der Waals surface area (Å²) in [5.41, 5.74) is 1.81. The summed E-state index contributed by atoms with van der Waals surface area (Å²) < 4.78 is 0. The molecule has 0 spiro atoms. The fourth-order valence-electron chi connectivity index (χ4n) is 2.32. The maximum absolute atomic E-state index is 4.15. The first-order valence-electron chi connectivity index (χ1n) is 5.96. The predicted molar refractivity (Wildman–Crippen MR) is 63.2 cm³/mol. The van der Waals surface area contributed by atoms with Crippen LogP contribution >= 0.6 is 0 Å². The Morgan fingerprint density at radius 1 is 1.50 bits per heavy atom. The van der Waals surface area contributed by atoms with E-state index < -0.39 is 0 Å². The molecule has 82 valence electrons. The molecular weight excluding hydrogens is 170 g/mol. The molecule has 0 saturated carbocycles. The topological polar surface area (TPSA) is 3.24 Å². The van der Waals surface area contributed by atoms with Gasteiger partial charge in [-0.3, -0.25) is 0 Å². The molecule has 1 aliphatic heterocycles. The van der Waals surface area contributed by atoms with Crippen molar-refractivity contribution < 1.29 is 0 Å². The number of likely N-dealkylation sites (tertiary alicyclic amines) is 1. The van der Waals surface area contributed by atoms with Crippen molar-refractivity contribution in [3.05, 3.63) is 12.3 Å². The number of piperidine rings is 1. The Labute approximate surface area is 89.2 Å². The number of hydrogen-bond acceptors (Lipinski definition) is 1. The van der Waals surface area contributed by atoms with Gasteiger partial charge in [0.2, 0.25) is 0 Å². The van der Waals surface area contributed by atoms with Crippen molar-refractivity contribution in [3.63, 3.8) is 0 Å². The Hall–Kier alpha value is -0.460. The third-order valence-corrected chi connectivity index (χ3v) is 4.24. The van der Waals surface area contributed by atoms with Gasteiger partial charge < -0.3 is 4.90 Å². The largest absolute Gasteiger partial charge is 0.375 e. The fraction of sp³-hybridized carbons (Fsp3) is 0.846. The molecule has 0 amide bonds. The number of allylic oxidation sites excluding steroid dienone is 1. The number of hydrogen-bond donors (Lipinski definition) is 0. The predicted octanol–water partition coefficient (Wildman–Crippen LogP) is 3.67. The normalized spacial score (nSPS) is 33.1. The van der Waals surface area contributed by atoms with Crippen molar-refractivity contribution in [1.29, 1.82) is 0 Å². The van der Waals surface area contributed by atoms with Crippen molar-refractivity contribution >= 4 is 0 Å². The Balaban J connectivity index is 2.67. The smallest absolute Gasteiger partial charge is 0.0231 e. The minimum absolute atomic E-state index is 0.496. The van der Waals surface area contributed by atoms with Crippen LogP contribution in [0.3, 0.4) is 0 Å². The highest BCUT2D eigenvalue weighted by Crippen LogP contribution is 2.38. The van der Waals surface area contributed by atoms with Crippen LogP contribution in [-0.4, -0.2) is 18.0 Å². The van der Waals surface area contributed by atoms with E-state index in [4.69, 9.17) is 0 Å². The Morgan fingerprint density at radius 3 is 2.64 bits per heavy atom. The summed E-state index contributed by atoms with van der Waals surface area (Å²) in [5, 5.41) is 0. The van der Waals surface area contributed by atoms with Gasteiger partial charge in [-0.05, 0) is 30.6 Å². The van der Waals surface area contributed by atoms with Gasteiger partial charge in [-0.25, -0.2) is 0 Å². The lowest BCUT2D eigenvalue weighted by molar-refractivity contribution is 0.0655. The summed E-state index contributed by atoms with van der Waals surface area (Å²) in [5.74, 6) is 0.855. The van der Waals surface area contributed by atoms with Crippen molar-refractivity contribution in [2.45, 2.75) is 47.0 Å². The van der Waals surface area contributed by atoms with Crippen LogP contribution in [0.2, 0.25) is 0 Å². The molecule has 0 bridgehead atoms. The van der Waals surface area contributed by atoms with Crippen molar-refractivity contribution in [3.8, 4) is 0 Å². The number of rotatable bonds is 3. The van der Waals surface area contributed by atoms with Crippen LogP contribution in [0.15, 0.2) is 12.3 Å². The second-order valence-electron chi connectivity index (χ2n) is 5.04. The second-order valence-corrected chi connectivity index (χ2v) is 5.04. The van der Waals surface area contributed by atoms with Crippen LogP contribution in [-0.2, 0) is 0 Å². The van der Waals surface area contributed by atoms with Crippen LogP contribution in [0.4, 0.5) is 0 Å². The minimum atomic E-state index is 0.496. The van der Waals surface area contributed by atoms with Crippen LogP contribution in [0, 0.1) is 11.3 Å². The zero-order valence-electron chi connectivity index (χ0n) is 10.3. The lowest BCUT2D eigenvalue weighted by Gasteiger charge is -2.46. The summed E-state index contributed by atoms with van der Waals surface area (Å²) in [6, 6.07) is 0. The summed E-state index contributed by atoms with van der Waals surface area (Å²) >= 11 is 0. The second kappa shape index (κ2) is 4.37. The SMILES string of the molecule is C=C(CC)N1CC[C@H](C)[C@](C)(CC)C1. The highest BCUT2D eigenvalue weighted by atomic mass is 15.1. The Bertz CT molecular complexity index is 209. The van der Waals surface area contributed by atoms with Gasteiger partial charge in [-0.1, -0.05) is 34.3 Å². The first-order chi connectivity index (χ1) is 6.53. The summed E-state index contributed by atoms with van der Waals surface area (Å²) in [4.78, 5) is 2.49. The van der Waals surface area contributed by atoms with E-state index in [0.717, 1.165) is 12.3 Å². The van der Waals surface area contributed by atoms with Crippen LogP contribution in [0.25, 0.3) is 0 Å². The van der Waals surface area contributed by atoms with E-state index in [1.54, 1.807) is 0 Å². The van der Waals surface area contributed by atoms with E-state index >= 15 is 0 Å². The van der Waals surface area contributed by atoms with Gasteiger partial charge in [0.05, 0.1) is 0 Å². The van der Waals surface area contributed by atoms with Crippen LogP contribution < -0.4 is 0 Å². The molecule has 1 heterocycles. The van der Waals surface area contributed by atoms with E-state index in [1.807, 2.05) is 0 Å². The molecule has 2 atom stereocenters. The molecule has 1 heteroatoms. The zero-order chi connectivity index (χ0) is 10.8. The van der Waals surface area contributed by atoms with E-state index in [1.165, 1.54) is 31.6 Å². The van der Waals surface area contributed by atoms with Gasteiger partial charge in [0.15, 0.2) is 0 Å². The first-order valence-corrected chi connectivity index (χ1v) is 5.96. The van der Waals surface area contributed by atoms with Gasteiger partial charge in [0.25, 0.3) is 0 Å². The monoisotopic (exact) mass is 195 g/mol. The molecule has 0 aromatic rings. The Kier molecular flexibility index (Phi) is 3.63. The molecule has 0 unspecified atom stereocenters. The van der Waals surface area contributed by atoms with Gasteiger partial charge >= 0.3 is 0 Å². The third kappa shape index (κ3) is 2.13. The average molecular weight is 195 g/mol. The number of nitrogens with zero attached hydrogens (tertiary/aromatic N) is 1. The van der Waals surface area contributed by atoms with Crippen LogP contribution in [0.5, 0.6) is 0 Å². The molecule has 0 radical (unpaired) electrons. The summed E-state index contributed by atoms with van der Waals surface area (Å²) in [6.07, 6.45) is 3.69. The summed E-state index contributed by atoms with van der Waals surface area (Å²) in [6.45, 7) is 15.9.